The molecule has 2 N–H and O–H groups in total. The first kappa shape index (κ1) is 20.6. The topological polar surface area (TPSA) is 104 Å². The molecule has 6 rings (SSSR count). The molecule has 1 atom stereocenters. The van der Waals surface area contributed by atoms with Crippen LogP contribution in [0.1, 0.15) is 24.6 Å². The molecule has 2 aliphatic heterocycles. The predicted molar refractivity (Wildman–Crippen MR) is 126 cm³/mol. The van der Waals surface area contributed by atoms with E-state index < -0.39 is 0 Å². The van der Waals surface area contributed by atoms with Gasteiger partial charge in [-0.2, -0.15) is 10.2 Å². The van der Waals surface area contributed by atoms with Gasteiger partial charge in [-0.3, -0.25) is 4.68 Å². The van der Waals surface area contributed by atoms with Crippen molar-refractivity contribution in [1.82, 2.24) is 34.5 Å². The van der Waals surface area contributed by atoms with Crippen molar-refractivity contribution in [2.24, 2.45) is 11.1 Å². The lowest BCUT2D eigenvalue weighted by atomic mass is 9.73. The van der Waals surface area contributed by atoms with Crippen LogP contribution < -0.4 is 10.6 Å². The van der Waals surface area contributed by atoms with Gasteiger partial charge in [-0.15, -0.1) is 0 Å². The van der Waals surface area contributed by atoms with Crippen molar-refractivity contribution in [2.75, 3.05) is 18.0 Å². The second kappa shape index (κ2) is 8.12. The minimum absolute atomic E-state index is 0.0451. The third-order valence-corrected chi connectivity index (χ3v) is 8.13. The van der Waals surface area contributed by atoms with E-state index in [9.17, 15) is 0 Å². The quantitative estimate of drug-likeness (QED) is 0.475. The molecular formula is C22H22ClN9S. The van der Waals surface area contributed by atoms with Crippen LogP contribution in [0.3, 0.4) is 0 Å². The molecule has 1 fully saturated rings. The van der Waals surface area contributed by atoms with E-state index in [2.05, 4.69) is 34.7 Å². The van der Waals surface area contributed by atoms with Gasteiger partial charge in [0.05, 0.1) is 29.2 Å². The summed E-state index contributed by atoms with van der Waals surface area (Å²) in [6.45, 7) is 2.71. The van der Waals surface area contributed by atoms with Crippen LogP contribution >= 0.6 is 23.4 Å². The maximum absolute atomic E-state index is 6.60. The standard InChI is InChI=1S/C22H22ClN9S/c23-19-16(3-7-25-21(19)31-9-1-6-28-31)33-18-13-26-17(12-27-18)30-10-4-22(5-11-30)14-32-15(20(22)24)2-8-29-32/h1-3,6-9,12-13,20H,4-5,10-11,14,24H2/t20-/m1/s1. The average molecular weight is 480 g/mol. The predicted octanol–water partition coefficient (Wildman–Crippen LogP) is 3.36. The van der Waals surface area contributed by atoms with Crippen LogP contribution in [0, 0.1) is 5.41 Å². The molecule has 168 valence electrons. The van der Waals surface area contributed by atoms with E-state index in [-0.39, 0.29) is 11.5 Å². The number of halogens is 1. The summed E-state index contributed by atoms with van der Waals surface area (Å²) in [5, 5.41) is 9.94. The maximum Gasteiger partial charge on any atom is 0.173 e. The lowest BCUT2D eigenvalue weighted by Crippen LogP contribution is -2.45. The zero-order valence-electron chi connectivity index (χ0n) is 17.8. The van der Waals surface area contributed by atoms with Gasteiger partial charge in [-0.25, -0.2) is 19.6 Å². The first-order chi connectivity index (χ1) is 16.1. The molecule has 0 amide bonds. The molecule has 4 aromatic rings. The number of rotatable bonds is 4. The molecule has 0 aliphatic carbocycles. The Morgan fingerprint density at radius 1 is 1.03 bits per heavy atom. The second-order valence-electron chi connectivity index (χ2n) is 8.45. The Morgan fingerprint density at radius 3 is 2.64 bits per heavy atom. The Bertz CT molecular complexity index is 1260. The highest BCUT2D eigenvalue weighted by Crippen LogP contribution is 2.47. The van der Waals surface area contributed by atoms with Crippen LogP contribution in [0.2, 0.25) is 5.02 Å². The van der Waals surface area contributed by atoms with E-state index in [1.54, 1.807) is 23.3 Å². The minimum atomic E-state index is 0.0451. The van der Waals surface area contributed by atoms with Crippen LogP contribution in [0.15, 0.2) is 65.3 Å². The molecule has 33 heavy (non-hydrogen) atoms. The summed E-state index contributed by atoms with van der Waals surface area (Å²) < 4.78 is 3.71. The van der Waals surface area contributed by atoms with E-state index in [1.165, 1.54) is 11.8 Å². The molecule has 1 saturated heterocycles. The summed E-state index contributed by atoms with van der Waals surface area (Å²) in [6, 6.07) is 5.79. The van der Waals surface area contributed by atoms with Gasteiger partial charge in [0.15, 0.2) is 5.82 Å². The zero-order chi connectivity index (χ0) is 22.4. The molecule has 11 heteroatoms. The molecule has 2 aliphatic rings. The van der Waals surface area contributed by atoms with Crippen molar-refractivity contribution >= 4 is 29.2 Å². The largest absolute Gasteiger partial charge is 0.355 e. The zero-order valence-corrected chi connectivity index (χ0v) is 19.3. The van der Waals surface area contributed by atoms with Gasteiger partial charge in [-0.1, -0.05) is 23.4 Å². The van der Waals surface area contributed by atoms with E-state index in [0.29, 0.717) is 10.8 Å². The van der Waals surface area contributed by atoms with Gasteiger partial charge in [0.1, 0.15) is 10.8 Å². The highest BCUT2D eigenvalue weighted by molar-refractivity contribution is 7.99. The third-order valence-electron chi connectivity index (χ3n) is 6.66. The Morgan fingerprint density at radius 2 is 1.91 bits per heavy atom. The Balaban J connectivity index is 1.13. The first-order valence-electron chi connectivity index (χ1n) is 10.8. The van der Waals surface area contributed by atoms with E-state index in [0.717, 1.165) is 53.9 Å². The normalized spacial score (nSPS) is 19.2. The number of hydrogen-bond donors (Lipinski definition) is 1. The van der Waals surface area contributed by atoms with Crippen LogP contribution in [0.25, 0.3) is 5.82 Å². The van der Waals surface area contributed by atoms with Crippen LogP contribution in [-0.4, -0.2) is 47.6 Å². The fourth-order valence-corrected chi connectivity index (χ4v) is 5.85. The number of nitrogens with zero attached hydrogens (tertiary/aromatic N) is 8. The third kappa shape index (κ3) is 3.58. The summed E-state index contributed by atoms with van der Waals surface area (Å²) in [4.78, 5) is 16.8. The van der Waals surface area contributed by atoms with Gasteiger partial charge >= 0.3 is 0 Å². The fraction of sp³-hybridized carbons (Fsp3) is 0.318. The van der Waals surface area contributed by atoms with Crippen molar-refractivity contribution in [3.63, 3.8) is 0 Å². The van der Waals surface area contributed by atoms with Gasteiger partial charge in [-0.05, 0) is 31.0 Å². The van der Waals surface area contributed by atoms with Crippen LogP contribution in [-0.2, 0) is 6.54 Å². The van der Waals surface area contributed by atoms with E-state index in [4.69, 9.17) is 17.3 Å². The molecule has 9 nitrogen and oxygen atoms in total. The molecule has 0 bridgehead atoms. The second-order valence-corrected chi connectivity index (χ2v) is 9.89. The lowest BCUT2D eigenvalue weighted by molar-refractivity contribution is 0.170. The number of piperidine rings is 1. The number of fused-ring (bicyclic) bond motifs is 1. The number of anilines is 1. The molecule has 0 radical (unpaired) electrons. The summed E-state index contributed by atoms with van der Waals surface area (Å²) in [5.74, 6) is 1.47. The molecule has 0 unspecified atom stereocenters. The van der Waals surface area contributed by atoms with Crippen molar-refractivity contribution in [3.05, 3.63) is 66.1 Å². The van der Waals surface area contributed by atoms with Gasteiger partial charge in [0.2, 0.25) is 0 Å². The van der Waals surface area contributed by atoms with Crippen LogP contribution in [0.5, 0.6) is 0 Å². The summed E-state index contributed by atoms with van der Waals surface area (Å²) in [5.41, 5.74) is 7.84. The SMILES string of the molecule is N[C@@H]1c2ccnn2CC12CCN(c1cnc(Sc3ccnc(-n4cccn4)c3Cl)cn1)CC2. The van der Waals surface area contributed by atoms with Crippen molar-refractivity contribution in [1.29, 1.82) is 0 Å². The number of pyridine rings is 1. The molecule has 1 spiro atoms. The van der Waals surface area contributed by atoms with E-state index >= 15 is 0 Å². The molecule has 4 aromatic heterocycles. The number of hydrogen-bond acceptors (Lipinski definition) is 8. The average Bonchev–Trinajstić information content (AvgIpc) is 3.57. The minimum Gasteiger partial charge on any atom is -0.355 e. The number of nitrogens with two attached hydrogens (primary N) is 1. The van der Waals surface area contributed by atoms with Gasteiger partial charge < -0.3 is 10.6 Å². The highest BCUT2D eigenvalue weighted by atomic mass is 35.5. The summed E-state index contributed by atoms with van der Waals surface area (Å²) >= 11 is 8.04. The van der Waals surface area contributed by atoms with Gasteiger partial charge in [0, 0.05) is 54.7 Å². The molecule has 0 saturated carbocycles. The molecular weight excluding hydrogens is 458 g/mol. The van der Waals surface area contributed by atoms with Crippen LogP contribution in [0.4, 0.5) is 5.82 Å². The fourth-order valence-electron chi connectivity index (χ4n) is 4.79. The lowest BCUT2D eigenvalue weighted by Gasteiger charge is -2.41. The monoisotopic (exact) mass is 479 g/mol. The Kier molecular flexibility index (Phi) is 5.08. The van der Waals surface area contributed by atoms with Crippen molar-refractivity contribution in [3.8, 4) is 5.82 Å². The van der Waals surface area contributed by atoms with Crippen molar-refractivity contribution < 1.29 is 0 Å². The Labute approximate surface area is 200 Å². The summed E-state index contributed by atoms with van der Waals surface area (Å²) in [7, 11) is 0. The molecule has 6 heterocycles. The van der Waals surface area contributed by atoms with Gasteiger partial charge in [0.25, 0.3) is 0 Å². The highest BCUT2D eigenvalue weighted by Gasteiger charge is 2.46. The molecule has 0 aromatic carbocycles. The Hall–Kier alpha value is -2.95. The summed E-state index contributed by atoms with van der Waals surface area (Å²) in [6.07, 6.45) is 12.7. The van der Waals surface area contributed by atoms with E-state index in [1.807, 2.05) is 36.8 Å². The van der Waals surface area contributed by atoms with Crippen molar-refractivity contribution in [2.45, 2.75) is 35.3 Å². The smallest absolute Gasteiger partial charge is 0.173 e. The first-order valence-corrected chi connectivity index (χ1v) is 12.0. The maximum atomic E-state index is 6.60. The number of aromatic nitrogens is 7.